The van der Waals surface area contributed by atoms with Crippen molar-refractivity contribution in [3.05, 3.63) is 64.7 Å². The molecular weight excluding hydrogens is 348 g/mol. The number of amides is 3. The number of carbonyl (C=O) groups excluding carboxylic acids is 4. The Kier molecular flexibility index (Phi) is 4.31. The zero-order valence-corrected chi connectivity index (χ0v) is 15.0. The van der Waals surface area contributed by atoms with Crippen molar-refractivity contribution in [3.63, 3.8) is 0 Å². The first-order valence-corrected chi connectivity index (χ1v) is 8.25. The average molecular weight is 365 g/mol. The van der Waals surface area contributed by atoms with Crippen molar-refractivity contribution in [3.8, 4) is 0 Å². The van der Waals surface area contributed by atoms with Crippen molar-refractivity contribution in [2.24, 2.45) is 0 Å². The molecule has 3 amide bonds. The lowest BCUT2D eigenvalue weighted by Crippen LogP contribution is -2.40. The van der Waals surface area contributed by atoms with Gasteiger partial charge >= 0.3 is 0 Å². The molecule has 0 fully saturated rings. The highest BCUT2D eigenvalue weighted by Crippen LogP contribution is 2.29. The van der Waals surface area contributed by atoms with Crippen LogP contribution in [-0.2, 0) is 0 Å². The number of fused-ring (bicyclic) bond motifs is 1. The van der Waals surface area contributed by atoms with Gasteiger partial charge in [0, 0.05) is 11.1 Å². The topological polar surface area (TPSA) is 107 Å². The highest BCUT2D eigenvalue weighted by Gasteiger charge is 2.37. The quantitative estimate of drug-likeness (QED) is 0.827. The first-order chi connectivity index (χ1) is 12.6. The summed E-state index contributed by atoms with van der Waals surface area (Å²) < 4.78 is 0. The van der Waals surface area contributed by atoms with Gasteiger partial charge in [-0.1, -0.05) is 12.1 Å². The molecule has 27 heavy (non-hydrogen) atoms. The average Bonchev–Trinajstić information content (AvgIpc) is 2.84. The predicted octanol–water partition coefficient (Wildman–Crippen LogP) is 1.38. The molecule has 0 bridgehead atoms. The molecule has 0 saturated carbocycles. The van der Waals surface area contributed by atoms with Gasteiger partial charge in [0.25, 0.3) is 17.7 Å². The van der Waals surface area contributed by atoms with Crippen LogP contribution in [0.5, 0.6) is 0 Å². The molecule has 0 spiro atoms. The minimum Gasteiger partial charge on any atom is -0.545 e. The van der Waals surface area contributed by atoms with Gasteiger partial charge in [-0.2, -0.15) is 0 Å². The van der Waals surface area contributed by atoms with E-state index >= 15 is 0 Å². The normalized spacial score (nSPS) is 13.5. The van der Waals surface area contributed by atoms with Gasteiger partial charge in [-0.25, -0.2) is 4.90 Å². The lowest BCUT2D eigenvalue weighted by atomic mass is 10.1. The van der Waals surface area contributed by atoms with Crippen LogP contribution in [0.4, 0.5) is 5.69 Å². The maximum atomic E-state index is 12.7. The molecule has 2 aromatic rings. The van der Waals surface area contributed by atoms with E-state index in [9.17, 15) is 24.3 Å². The van der Waals surface area contributed by atoms with Crippen molar-refractivity contribution in [2.45, 2.75) is 26.3 Å². The fraction of sp³-hybridized carbons (Fsp3) is 0.200. The van der Waals surface area contributed by atoms with Crippen LogP contribution in [0.2, 0.25) is 0 Å². The van der Waals surface area contributed by atoms with E-state index in [1.807, 2.05) is 20.8 Å². The Morgan fingerprint density at radius 2 is 1.59 bits per heavy atom. The number of anilines is 1. The van der Waals surface area contributed by atoms with Gasteiger partial charge in [0.2, 0.25) is 0 Å². The van der Waals surface area contributed by atoms with Crippen molar-refractivity contribution in [1.82, 2.24) is 5.32 Å². The van der Waals surface area contributed by atoms with Gasteiger partial charge in [-0.05, 0) is 56.7 Å². The van der Waals surface area contributed by atoms with E-state index in [1.165, 1.54) is 24.3 Å². The number of hydrogen-bond donors (Lipinski definition) is 1. The molecule has 138 valence electrons. The molecule has 0 aliphatic carbocycles. The van der Waals surface area contributed by atoms with Crippen LogP contribution in [0.25, 0.3) is 0 Å². The predicted molar refractivity (Wildman–Crippen MR) is 95.6 cm³/mol. The largest absolute Gasteiger partial charge is 0.545 e. The number of rotatable bonds is 3. The molecule has 1 aliphatic heterocycles. The minimum atomic E-state index is -1.43. The fourth-order valence-corrected chi connectivity index (χ4v) is 2.80. The molecule has 0 aromatic heterocycles. The lowest BCUT2D eigenvalue weighted by molar-refractivity contribution is -0.255. The van der Waals surface area contributed by atoms with Crippen LogP contribution in [-0.4, -0.2) is 29.2 Å². The highest BCUT2D eigenvalue weighted by molar-refractivity contribution is 6.34. The van der Waals surface area contributed by atoms with E-state index in [0.29, 0.717) is 5.56 Å². The smallest absolute Gasteiger partial charge is 0.266 e. The van der Waals surface area contributed by atoms with Crippen LogP contribution in [0.3, 0.4) is 0 Å². The van der Waals surface area contributed by atoms with Crippen LogP contribution in [0.15, 0.2) is 42.5 Å². The van der Waals surface area contributed by atoms with Crippen molar-refractivity contribution in [1.29, 1.82) is 0 Å². The Labute approximate surface area is 155 Å². The van der Waals surface area contributed by atoms with Crippen molar-refractivity contribution >= 4 is 29.4 Å². The number of carboxylic acids is 1. The number of nitrogens with one attached hydrogen (secondary N) is 1. The summed E-state index contributed by atoms with van der Waals surface area (Å²) >= 11 is 0. The molecule has 0 atom stereocenters. The Bertz CT molecular complexity index is 988. The summed E-state index contributed by atoms with van der Waals surface area (Å²) in [5.41, 5.74) is 0.00663. The summed E-state index contributed by atoms with van der Waals surface area (Å²) in [7, 11) is 0. The van der Waals surface area contributed by atoms with E-state index in [-0.39, 0.29) is 28.3 Å². The van der Waals surface area contributed by atoms with Gasteiger partial charge < -0.3 is 15.2 Å². The second-order valence-electron chi connectivity index (χ2n) is 7.25. The van der Waals surface area contributed by atoms with Crippen molar-refractivity contribution in [2.75, 3.05) is 4.90 Å². The number of benzene rings is 2. The van der Waals surface area contributed by atoms with E-state index < -0.39 is 23.3 Å². The molecule has 2 aromatic carbocycles. The van der Waals surface area contributed by atoms with Gasteiger partial charge in [0.1, 0.15) is 0 Å². The Morgan fingerprint density at radius 3 is 2.22 bits per heavy atom. The number of imide groups is 1. The van der Waals surface area contributed by atoms with Gasteiger partial charge in [0.15, 0.2) is 0 Å². The van der Waals surface area contributed by atoms with E-state index in [1.54, 1.807) is 12.1 Å². The Hall–Kier alpha value is -3.48. The maximum Gasteiger partial charge on any atom is 0.266 e. The zero-order chi connectivity index (χ0) is 19.9. The van der Waals surface area contributed by atoms with Crippen LogP contribution >= 0.6 is 0 Å². The molecule has 0 unspecified atom stereocenters. The summed E-state index contributed by atoms with van der Waals surface area (Å²) in [5.74, 6) is -2.99. The lowest BCUT2D eigenvalue weighted by Gasteiger charge is -2.21. The third kappa shape index (κ3) is 3.44. The SMILES string of the molecule is CC(C)(C)NC(=O)c1cccc(N2C(=O)c3ccc(C(=O)[O-])cc3C2=O)c1. The molecular formula is C20H17N2O5-. The number of nitrogens with zero attached hydrogens (tertiary/aromatic N) is 1. The summed E-state index contributed by atoms with van der Waals surface area (Å²) in [4.78, 5) is 49.6. The third-order valence-corrected chi connectivity index (χ3v) is 3.98. The number of hydrogen-bond acceptors (Lipinski definition) is 5. The standard InChI is InChI=1S/C20H18N2O5/c1-20(2,3)21-16(23)11-5-4-6-13(9-11)22-17(24)14-8-7-12(19(26)27)10-15(14)18(22)25/h4-10H,1-3H3,(H,21,23)(H,26,27)/p-1. The molecule has 7 nitrogen and oxygen atoms in total. The molecule has 1 N–H and O–H groups in total. The summed E-state index contributed by atoms with van der Waals surface area (Å²) in [5, 5.41) is 13.8. The Balaban J connectivity index is 1.97. The van der Waals surface area contributed by atoms with Crippen LogP contribution < -0.4 is 15.3 Å². The fourth-order valence-electron chi connectivity index (χ4n) is 2.80. The molecule has 3 rings (SSSR count). The second kappa shape index (κ2) is 6.35. The van der Waals surface area contributed by atoms with Gasteiger partial charge in [0.05, 0.1) is 22.8 Å². The molecule has 0 saturated heterocycles. The maximum absolute atomic E-state index is 12.7. The third-order valence-electron chi connectivity index (χ3n) is 3.98. The van der Waals surface area contributed by atoms with Crippen molar-refractivity contribution < 1.29 is 24.3 Å². The van der Waals surface area contributed by atoms with Gasteiger partial charge in [-0.3, -0.25) is 14.4 Å². The first-order valence-electron chi connectivity index (χ1n) is 8.25. The summed E-state index contributed by atoms with van der Waals surface area (Å²) in [6.45, 7) is 5.52. The minimum absolute atomic E-state index is 0.00811. The first kappa shape index (κ1) is 18.3. The molecule has 1 aliphatic rings. The molecule has 7 heteroatoms. The molecule has 1 heterocycles. The number of carbonyl (C=O) groups is 4. The van der Waals surface area contributed by atoms with E-state index in [0.717, 1.165) is 11.0 Å². The number of carboxylic acid groups (broad SMARTS) is 1. The zero-order valence-electron chi connectivity index (χ0n) is 15.0. The summed E-state index contributed by atoms with van der Waals surface area (Å²) in [6, 6.07) is 9.77. The highest BCUT2D eigenvalue weighted by atomic mass is 16.4. The van der Waals surface area contributed by atoms with E-state index in [2.05, 4.69) is 5.32 Å². The van der Waals surface area contributed by atoms with E-state index in [4.69, 9.17) is 0 Å². The molecule has 0 radical (unpaired) electrons. The Morgan fingerprint density at radius 1 is 0.926 bits per heavy atom. The number of aromatic carboxylic acids is 1. The second-order valence-corrected chi connectivity index (χ2v) is 7.25. The van der Waals surface area contributed by atoms with Crippen LogP contribution in [0, 0.1) is 0 Å². The van der Waals surface area contributed by atoms with Gasteiger partial charge in [-0.15, -0.1) is 0 Å². The summed E-state index contributed by atoms with van der Waals surface area (Å²) in [6.07, 6.45) is 0. The van der Waals surface area contributed by atoms with Crippen LogP contribution in [0.1, 0.15) is 62.2 Å². The monoisotopic (exact) mass is 365 g/mol.